The number of aliphatic hydroxyl groups is 1. The summed E-state index contributed by atoms with van der Waals surface area (Å²) in [7, 11) is 0. The Labute approximate surface area is 120 Å². The van der Waals surface area contributed by atoms with Crippen molar-refractivity contribution in [3.8, 4) is 0 Å². The number of nitrogens with zero attached hydrogens (tertiary/aromatic N) is 1. The van der Waals surface area contributed by atoms with E-state index in [4.69, 9.17) is 17.3 Å². The van der Waals surface area contributed by atoms with Gasteiger partial charge in [0.15, 0.2) is 0 Å². The Morgan fingerprint density at radius 3 is 2.95 bits per heavy atom. The molecule has 1 aliphatic heterocycles. The highest BCUT2D eigenvalue weighted by Gasteiger charge is 2.26. The SMILES string of the molecule is CCC(O)CC1CC(N)CN(c2cccc(Cl)c2)C1. The maximum atomic E-state index is 9.82. The maximum Gasteiger partial charge on any atom is 0.0541 e. The zero-order valence-electron chi connectivity index (χ0n) is 11.4. The Morgan fingerprint density at radius 1 is 1.47 bits per heavy atom. The molecule has 1 aromatic rings. The molecule has 1 saturated heterocycles. The predicted octanol–water partition coefficient (Wildman–Crippen LogP) is 2.65. The highest BCUT2D eigenvalue weighted by Crippen LogP contribution is 2.27. The van der Waals surface area contributed by atoms with Crippen molar-refractivity contribution in [2.24, 2.45) is 11.7 Å². The van der Waals surface area contributed by atoms with E-state index in [1.807, 2.05) is 25.1 Å². The van der Waals surface area contributed by atoms with Crippen LogP contribution in [-0.4, -0.2) is 30.3 Å². The van der Waals surface area contributed by atoms with Crippen LogP contribution in [-0.2, 0) is 0 Å². The first-order valence-electron chi connectivity index (χ1n) is 7.02. The normalized spacial score (nSPS) is 25.4. The van der Waals surface area contributed by atoms with Crippen LogP contribution in [0.1, 0.15) is 26.2 Å². The number of aliphatic hydroxyl groups excluding tert-OH is 1. The summed E-state index contributed by atoms with van der Waals surface area (Å²) in [5, 5.41) is 10.6. The standard InChI is InChI=1S/C15H23ClN2O/c1-2-15(19)7-11-6-13(17)10-18(9-11)14-5-3-4-12(16)8-14/h3-5,8,11,13,15,19H,2,6-7,9-10,17H2,1H3. The van der Waals surface area contributed by atoms with Gasteiger partial charge in [-0.25, -0.2) is 0 Å². The second-order valence-electron chi connectivity index (χ2n) is 5.54. The zero-order chi connectivity index (χ0) is 13.8. The van der Waals surface area contributed by atoms with Gasteiger partial charge in [0, 0.05) is 29.8 Å². The van der Waals surface area contributed by atoms with Crippen LogP contribution in [0.25, 0.3) is 0 Å². The molecular formula is C15H23ClN2O. The van der Waals surface area contributed by atoms with Crippen LogP contribution in [0, 0.1) is 5.92 Å². The van der Waals surface area contributed by atoms with Crippen molar-refractivity contribution in [2.45, 2.75) is 38.3 Å². The van der Waals surface area contributed by atoms with Crippen molar-refractivity contribution in [1.82, 2.24) is 0 Å². The van der Waals surface area contributed by atoms with Gasteiger partial charge < -0.3 is 15.7 Å². The Balaban J connectivity index is 2.05. The molecule has 2 rings (SSSR count). The number of benzene rings is 1. The van der Waals surface area contributed by atoms with Gasteiger partial charge in [0.2, 0.25) is 0 Å². The molecule has 1 fully saturated rings. The minimum atomic E-state index is -0.212. The van der Waals surface area contributed by atoms with E-state index < -0.39 is 0 Å². The first kappa shape index (κ1) is 14.6. The average Bonchev–Trinajstić information content (AvgIpc) is 2.38. The van der Waals surface area contributed by atoms with Crippen LogP contribution >= 0.6 is 11.6 Å². The first-order valence-corrected chi connectivity index (χ1v) is 7.40. The van der Waals surface area contributed by atoms with Crippen LogP contribution in [0.3, 0.4) is 0 Å². The number of halogens is 1. The summed E-state index contributed by atoms with van der Waals surface area (Å²) in [6, 6.07) is 8.06. The zero-order valence-corrected chi connectivity index (χ0v) is 12.2. The van der Waals surface area contributed by atoms with E-state index >= 15 is 0 Å². The van der Waals surface area contributed by atoms with E-state index in [1.54, 1.807) is 0 Å². The van der Waals surface area contributed by atoms with Crippen molar-refractivity contribution in [1.29, 1.82) is 0 Å². The Bertz CT molecular complexity index is 413. The van der Waals surface area contributed by atoms with Crippen LogP contribution < -0.4 is 10.6 Å². The quantitative estimate of drug-likeness (QED) is 0.893. The smallest absolute Gasteiger partial charge is 0.0541 e. The molecule has 4 heteroatoms. The fourth-order valence-electron chi connectivity index (χ4n) is 2.85. The summed E-state index contributed by atoms with van der Waals surface area (Å²) in [6.45, 7) is 3.83. The Kier molecular flexibility index (Phi) is 5.08. The molecule has 0 radical (unpaired) electrons. The molecule has 1 aromatic carbocycles. The van der Waals surface area contributed by atoms with Gasteiger partial charge in [0.05, 0.1) is 6.10 Å². The fourth-order valence-corrected chi connectivity index (χ4v) is 3.04. The molecule has 3 nitrogen and oxygen atoms in total. The highest BCUT2D eigenvalue weighted by atomic mass is 35.5. The lowest BCUT2D eigenvalue weighted by molar-refractivity contribution is 0.131. The third kappa shape index (κ3) is 4.10. The largest absolute Gasteiger partial charge is 0.393 e. The van der Waals surface area contributed by atoms with Crippen LogP contribution in [0.2, 0.25) is 5.02 Å². The number of anilines is 1. The topological polar surface area (TPSA) is 49.5 Å². The van der Waals surface area contributed by atoms with E-state index in [1.165, 1.54) is 0 Å². The number of hydrogen-bond donors (Lipinski definition) is 2. The Morgan fingerprint density at radius 2 is 2.26 bits per heavy atom. The van der Waals surface area contributed by atoms with Crippen molar-refractivity contribution in [2.75, 3.05) is 18.0 Å². The Hall–Kier alpha value is -0.770. The van der Waals surface area contributed by atoms with E-state index in [0.717, 1.165) is 43.1 Å². The summed E-state index contributed by atoms with van der Waals surface area (Å²) in [6.07, 6.45) is 2.43. The molecule has 3 atom stereocenters. The van der Waals surface area contributed by atoms with E-state index in [2.05, 4.69) is 11.0 Å². The number of hydrogen-bond acceptors (Lipinski definition) is 3. The summed E-state index contributed by atoms with van der Waals surface area (Å²) in [4.78, 5) is 2.28. The van der Waals surface area contributed by atoms with Gasteiger partial charge in [-0.1, -0.05) is 24.6 Å². The third-order valence-corrected chi connectivity index (χ3v) is 4.05. The van der Waals surface area contributed by atoms with Crippen molar-refractivity contribution >= 4 is 17.3 Å². The van der Waals surface area contributed by atoms with Crippen LogP contribution in [0.15, 0.2) is 24.3 Å². The van der Waals surface area contributed by atoms with Gasteiger partial charge in [0.1, 0.15) is 0 Å². The molecule has 0 spiro atoms. The van der Waals surface area contributed by atoms with Gasteiger partial charge in [-0.3, -0.25) is 0 Å². The molecule has 1 heterocycles. The molecule has 0 bridgehead atoms. The lowest BCUT2D eigenvalue weighted by Gasteiger charge is -2.38. The summed E-state index contributed by atoms with van der Waals surface area (Å²) in [5.74, 6) is 0.456. The van der Waals surface area contributed by atoms with E-state index in [9.17, 15) is 5.11 Å². The number of piperidine rings is 1. The van der Waals surface area contributed by atoms with Gasteiger partial charge >= 0.3 is 0 Å². The molecule has 0 amide bonds. The van der Waals surface area contributed by atoms with Gasteiger partial charge in [-0.15, -0.1) is 0 Å². The maximum absolute atomic E-state index is 9.82. The second kappa shape index (κ2) is 6.60. The molecule has 19 heavy (non-hydrogen) atoms. The van der Waals surface area contributed by atoms with Gasteiger partial charge in [-0.2, -0.15) is 0 Å². The van der Waals surface area contributed by atoms with E-state index in [0.29, 0.717) is 5.92 Å². The van der Waals surface area contributed by atoms with Gasteiger partial charge in [-0.05, 0) is 43.4 Å². The minimum Gasteiger partial charge on any atom is -0.393 e. The molecular weight excluding hydrogens is 260 g/mol. The van der Waals surface area contributed by atoms with E-state index in [-0.39, 0.29) is 12.1 Å². The van der Waals surface area contributed by atoms with Crippen molar-refractivity contribution in [3.63, 3.8) is 0 Å². The molecule has 0 saturated carbocycles. The van der Waals surface area contributed by atoms with Crippen molar-refractivity contribution in [3.05, 3.63) is 29.3 Å². The molecule has 1 aliphatic rings. The summed E-state index contributed by atoms with van der Waals surface area (Å²) < 4.78 is 0. The molecule has 0 aromatic heterocycles. The molecule has 3 unspecified atom stereocenters. The second-order valence-corrected chi connectivity index (χ2v) is 5.98. The fraction of sp³-hybridized carbons (Fsp3) is 0.600. The lowest BCUT2D eigenvalue weighted by atomic mass is 9.89. The van der Waals surface area contributed by atoms with Crippen LogP contribution in [0.5, 0.6) is 0 Å². The highest BCUT2D eigenvalue weighted by molar-refractivity contribution is 6.30. The van der Waals surface area contributed by atoms with Gasteiger partial charge in [0.25, 0.3) is 0 Å². The molecule has 3 N–H and O–H groups in total. The monoisotopic (exact) mass is 282 g/mol. The number of rotatable bonds is 4. The number of nitrogens with two attached hydrogens (primary N) is 1. The molecule has 106 valence electrons. The third-order valence-electron chi connectivity index (χ3n) is 3.82. The van der Waals surface area contributed by atoms with Crippen LogP contribution in [0.4, 0.5) is 5.69 Å². The predicted molar refractivity (Wildman–Crippen MR) is 80.7 cm³/mol. The minimum absolute atomic E-state index is 0.168. The van der Waals surface area contributed by atoms with Crippen molar-refractivity contribution < 1.29 is 5.11 Å². The average molecular weight is 283 g/mol. The summed E-state index contributed by atoms with van der Waals surface area (Å²) >= 11 is 6.05. The lowest BCUT2D eigenvalue weighted by Crippen LogP contribution is -2.47. The molecule has 0 aliphatic carbocycles. The summed E-state index contributed by atoms with van der Waals surface area (Å²) in [5.41, 5.74) is 7.28. The first-order chi connectivity index (χ1) is 9.08.